The van der Waals surface area contributed by atoms with Crippen LogP contribution in [0.1, 0.15) is 12.0 Å². The molecule has 110 valence electrons. The summed E-state index contributed by atoms with van der Waals surface area (Å²) in [6.45, 7) is 0. The first kappa shape index (κ1) is 15.1. The molecule has 0 radical (unpaired) electrons. The number of rotatable bonds is 3. The molecular weight excluding hydrogens is 346 g/mol. The maximum atomic E-state index is 11.6. The first-order valence-electron chi connectivity index (χ1n) is 6.05. The van der Waals surface area contributed by atoms with Gasteiger partial charge in [0.25, 0.3) is 0 Å². The Kier molecular flexibility index (Phi) is 4.24. The molecule has 2 rings (SSSR count). The number of amidine groups is 1. The fourth-order valence-corrected chi connectivity index (χ4v) is 4.49. The number of nitrogens with two attached hydrogens (primary N) is 1. The maximum Gasteiger partial charge on any atom is 0.172 e. The quantitative estimate of drug-likeness (QED) is 0.364. The summed E-state index contributed by atoms with van der Waals surface area (Å²) >= 11 is 3.34. The van der Waals surface area contributed by atoms with Crippen molar-refractivity contribution >= 4 is 37.3 Å². The van der Waals surface area contributed by atoms with Gasteiger partial charge in [-0.1, -0.05) is 21.1 Å². The second-order valence-electron chi connectivity index (χ2n) is 4.81. The first-order valence-corrected chi connectivity index (χ1v) is 8.66. The van der Waals surface area contributed by atoms with E-state index in [4.69, 9.17) is 10.9 Å². The van der Waals surface area contributed by atoms with Crippen molar-refractivity contribution in [1.29, 1.82) is 0 Å². The zero-order valence-corrected chi connectivity index (χ0v) is 13.4. The highest BCUT2D eigenvalue weighted by Gasteiger charge is 2.31. The van der Waals surface area contributed by atoms with E-state index in [0.29, 0.717) is 12.0 Å². The molecule has 1 heterocycles. The molecule has 1 aromatic rings. The van der Waals surface area contributed by atoms with E-state index in [1.54, 1.807) is 6.07 Å². The van der Waals surface area contributed by atoms with Crippen LogP contribution in [0.4, 0.5) is 5.69 Å². The normalized spacial score (nSPS) is 21.9. The zero-order chi connectivity index (χ0) is 14.9. The Morgan fingerprint density at radius 1 is 1.55 bits per heavy atom. The third kappa shape index (κ3) is 3.06. The van der Waals surface area contributed by atoms with Crippen LogP contribution in [0.25, 0.3) is 0 Å². The van der Waals surface area contributed by atoms with E-state index < -0.39 is 9.84 Å². The summed E-state index contributed by atoms with van der Waals surface area (Å²) in [6.07, 6.45) is 0.588. The van der Waals surface area contributed by atoms with Gasteiger partial charge >= 0.3 is 0 Å². The fraction of sp³-hybridized carbons (Fsp3) is 0.417. The summed E-state index contributed by atoms with van der Waals surface area (Å²) < 4.78 is 24.0. The van der Waals surface area contributed by atoms with E-state index >= 15 is 0 Å². The standard InChI is InChI=1S/C12H16BrN3O3S/c1-16(9-4-5-20(18,19)7-9)11-3-2-8(13)6-10(11)12(14)15-17/h2-3,6,9,17H,4-5,7H2,1H3,(H2,14,15). The molecule has 3 N–H and O–H groups in total. The molecule has 0 aromatic heterocycles. The van der Waals surface area contributed by atoms with Gasteiger partial charge < -0.3 is 15.8 Å². The van der Waals surface area contributed by atoms with E-state index in [0.717, 1.165) is 10.2 Å². The average molecular weight is 362 g/mol. The Balaban J connectivity index is 2.37. The molecule has 1 atom stereocenters. The Labute approximate surface area is 126 Å². The van der Waals surface area contributed by atoms with E-state index in [9.17, 15) is 8.42 Å². The van der Waals surface area contributed by atoms with Crippen LogP contribution in [0.15, 0.2) is 27.8 Å². The predicted molar refractivity (Wildman–Crippen MR) is 82.1 cm³/mol. The molecule has 20 heavy (non-hydrogen) atoms. The van der Waals surface area contributed by atoms with Crippen molar-refractivity contribution in [2.24, 2.45) is 10.9 Å². The Bertz CT molecular complexity index is 645. The lowest BCUT2D eigenvalue weighted by Gasteiger charge is -2.27. The zero-order valence-electron chi connectivity index (χ0n) is 11.0. The van der Waals surface area contributed by atoms with Crippen molar-refractivity contribution in [3.63, 3.8) is 0 Å². The highest BCUT2D eigenvalue weighted by Crippen LogP contribution is 2.28. The summed E-state index contributed by atoms with van der Waals surface area (Å²) in [7, 11) is -1.13. The Morgan fingerprint density at radius 2 is 2.25 bits per heavy atom. The van der Waals surface area contributed by atoms with Crippen molar-refractivity contribution in [1.82, 2.24) is 0 Å². The SMILES string of the molecule is CN(c1ccc(Br)cc1/C(N)=N/O)C1CCS(=O)(=O)C1. The molecule has 0 aliphatic carbocycles. The number of hydrogen-bond acceptors (Lipinski definition) is 5. The minimum Gasteiger partial charge on any atom is -0.409 e. The van der Waals surface area contributed by atoms with Gasteiger partial charge in [-0.3, -0.25) is 0 Å². The fourth-order valence-electron chi connectivity index (χ4n) is 2.35. The number of anilines is 1. The van der Waals surface area contributed by atoms with E-state index in [2.05, 4.69) is 21.1 Å². The second kappa shape index (κ2) is 5.61. The summed E-state index contributed by atoms with van der Waals surface area (Å²) in [5.74, 6) is 0.334. The summed E-state index contributed by atoms with van der Waals surface area (Å²) in [6, 6.07) is 5.31. The summed E-state index contributed by atoms with van der Waals surface area (Å²) in [4.78, 5) is 1.88. The molecule has 6 nitrogen and oxygen atoms in total. The lowest BCUT2D eigenvalue weighted by atomic mass is 10.1. The summed E-state index contributed by atoms with van der Waals surface area (Å²) in [5, 5.41) is 11.9. The highest BCUT2D eigenvalue weighted by atomic mass is 79.9. The number of hydrogen-bond donors (Lipinski definition) is 2. The number of oxime groups is 1. The van der Waals surface area contributed by atoms with Gasteiger partial charge in [0.05, 0.1) is 11.5 Å². The monoisotopic (exact) mass is 361 g/mol. The lowest BCUT2D eigenvalue weighted by Crippen LogP contribution is -2.34. The van der Waals surface area contributed by atoms with Crippen LogP contribution in [0.2, 0.25) is 0 Å². The molecule has 0 bridgehead atoms. The van der Waals surface area contributed by atoms with Crippen LogP contribution in [0, 0.1) is 0 Å². The minimum absolute atomic E-state index is 0.00555. The van der Waals surface area contributed by atoms with Gasteiger partial charge in [-0.2, -0.15) is 0 Å². The van der Waals surface area contributed by atoms with Crippen LogP contribution in [-0.4, -0.2) is 44.1 Å². The van der Waals surface area contributed by atoms with Crippen LogP contribution in [-0.2, 0) is 9.84 Å². The molecule has 0 spiro atoms. The molecule has 1 fully saturated rings. The minimum atomic E-state index is -2.96. The smallest absolute Gasteiger partial charge is 0.172 e. The Hall–Kier alpha value is -1.28. The number of nitrogens with zero attached hydrogens (tertiary/aromatic N) is 2. The van der Waals surface area contributed by atoms with Crippen molar-refractivity contribution < 1.29 is 13.6 Å². The second-order valence-corrected chi connectivity index (χ2v) is 7.96. The van der Waals surface area contributed by atoms with Crippen LogP contribution >= 0.6 is 15.9 Å². The Morgan fingerprint density at radius 3 is 2.80 bits per heavy atom. The van der Waals surface area contributed by atoms with Gasteiger partial charge in [0, 0.05) is 28.8 Å². The lowest BCUT2D eigenvalue weighted by molar-refractivity contribution is 0.318. The molecule has 1 aliphatic rings. The molecule has 0 amide bonds. The van der Waals surface area contributed by atoms with Gasteiger partial charge in [0.1, 0.15) is 0 Å². The molecule has 8 heteroatoms. The van der Waals surface area contributed by atoms with Gasteiger partial charge in [-0.25, -0.2) is 8.42 Å². The average Bonchev–Trinajstić information content (AvgIpc) is 2.77. The van der Waals surface area contributed by atoms with Crippen molar-refractivity contribution in [2.75, 3.05) is 23.5 Å². The van der Waals surface area contributed by atoms with Crippen molar-refractivity contribution in [2.45, 2.75) is 12.5 Å². The van der Waals surface area contributed by atoms with Gasteiger partial charge in [-0.05, 0) is 24.6 Å². The largest absolute Gasteiger partial charge is 0.409 e. The number of halogens is 1. The molecule has 1 aromatic carbocycles. The molecular formula is C12H16BrN3O3S. The van der Waals surface area contributed by atoms with E-state index in [-0.39, 0.29) is 23.4 Å². The molecule has 1 aliphatic heterocycles. The van der Waals surface area contributed by atoms with Crippen molar-refractivity contribution in [3.05, 3.63) is 28.2 Å². The van der Waals surface area contributed by atoms with Gasteiger partial charge in [-0.15, -0.1) is 0 Å². The van der Waals surface area contributed by atoms with Crippen LogP contribution < -0.4 is 10.6 Å². The third-order valence-electron chi connectivity index (χ3n) is 3.48. The van der Waals surface area contributed by atoms with Crippen LogP contribution in [0.5, 0.6) is 0 Å². The summed E-state index contributed by atoms with van der Waals surface area (Å²) in [5.41, 5.74) is 6.99. The number of benzene rings is 1. The predicted octanol–water partition coefficient (Wildman–Crippen LogP) is 1.17. The molecule has 0 saturated carbocycles. The topological polar surface area (TPSA) is 96.0 Å². The molecule has 1 unspecified atom stereocenters. The van der Waals surface area contributed by atoms with E-state index in [1.807, 2.05) is 24.1 Å². The van der Waals surface area contributed by atoms with E-state index in [1.165, 1.54) is 0 Å². The number of sulfone groups is 1. The van der Waals surface area contributed by atoms with Gasteiger partial charge in [0.2, 0.25) is 0 Å². The molecule has 1 saturated heterocycles. The first-order chi connectivity index (χ1) is 9.34. The van der Waals surface area contributed by atoms with Crippen LogP contribution in [0.3, 0.4) is 0 Å². The van der Waals surface area contributed by atoms with Crippen molar-refractivity contribution in [3.8, 4) is 0 Å². The van der Waals surface area contributed by atoms with Gasteiger partial charge in [0.15, 0.2) is 15.7 Å². The maximum absolute atomic E-state index is 11.6. The highest BCUT2D eigenvalue weighted by molar-refractivity contribution is 9.10. The third-order valence-corrected chi connectivity index (χ3v) is 5.72.